The molecule has 0 aliphatic carbocycles. The third kappa shape index (κ3) is 5.99. The molecule has 0 spiro atoms. The number of hydrogen-bond acceptors (Lipinski definition) is 7. The lowest BCUT2D eigenvalue weighted by molar-refractivity contribution is -0.169. The minimum Gasteiger partial charge on any atom is -0.444 e. The van der Waals surface area contributed by atoms with Gasteiger partial charge in [0.15, 0.2) is 0 Å². The van der Waals surface area contributed by atoms with Gasteiger partial charge < -0.3 is 15.0 Å². The molecule has 40 heavy (non-hydrogen) atoms. The van der Waals surface area contributed by atoms with Crippen molar-refractivity contribution in [1.82, 2.24) is 20.2 Å². The fourth-order valence-corrected chi connectivity index (χ4v) is 5.17. The maximum Gasteiger partial charge on any atom is 0.410 e. The van der Waals surface area contributed by atoms with Crippen LogP contribution in [-0.4, -0.2) is 56.9 Å². The van der Waals surface area contributed by atoms with Crippen LogP contribution in [-0.2, 0) is 40.4 Å². The van der Waals surface area contributed by atoms with Crippen LogP contribution in [0.25, 0.3) is 0 Å². The quantitative estimate of drug-likeness (QED) is 0.561. The predicted molar refractivity (Wildman–Crippen MR) is 145 cm³/mol. The first-order valence-corrected chi connectivity index (χ1v) is 13.4. The molecule has 6 amide bonds. The normalized spacial score (nSPS) is 17.3. The third-order valence-corrected chi connectivity index (χ3v) is 7.07. The summed E-state index contributed by atoms with van der Waals surface area (Å²) in [6.45, 7) is 7.16. The molecular weight excluding hydrogens is 514 g/mol. The average Bonchev–Trinajstić information content (AvgIpc) is 3.30. The molecule has 210 valence electrons. The number of urea groups is 1. The van der Waals surface area contributed by atoms with Gasteiger partial charge in [-0.1, -0.05) is 12.1 Å². The van der Waals surface area contributed by atoms with Gasteiger partial charge in [-0.05, 0) is 80.1 Å². The van der Waals surface area contributed by atoms with E-state index in [0.29, 0.717) is 63.1 Å². The molecule has 0 bridgehead atoms. The lowest BCUT2D eigenvalue weighted by atomic mass is 9.99. The highest BCUT2D eigenvalue weighted by Gasteiger charge is 2.35. The average molecular weight is 548 g/mol. The molecule has 0 saturated carbocycles. The highest BCUT2D eigenvalue weighted by molar-refractivity contribution is 6.08. The van der Waals surface area contributed by atoms with Gasteiger partial charge >= 0.3 is 12.1 Å². The third-order valence-electron chi connectivity index (χ3n) is 7.07. The maximum absolute atomic E-state index is 12.8. The zero-order valence-electron chi connectivity index (χ0n) is 22.9. The van der Waals surface area contributed by atoms with E-state index >= 15 is 0 Å². The number of nitrogens with one attached hydrogen (secondary N) is 2. The zero-order chi connectivity index (χ0) is 28.6. The Labute approximate surface area is 232 Å². The summed E-state index contributed by atoms with van der Waals surface area (Å²) in [5, 5.41) is 7.99. The van der Waals surface area contributed by atoms with E-state index in [-0.39, 0.29) is 17.9 Å². The van der Waals surface area contributed by atoms with E-state index in [2.05, 4.69) is 10.6 Å². The van der Waals surface area contributed by atoms with Gasteiger partial charge in [0.05, 0.1) is 0 Å². The van der Waals surface area contributed by atoms with Gasteiger partial charge in [0.25, 0.3) is 5.91 Å². The van der Waals surface area contributed by atoms with Crippen molar-refractivity contribution in [2.45, 2.75) is 71.7 Å². The molecule has 5 rings (SSSR count). The Morgan fingerprint density at radius 3 is 2.23 bits per heavy atom. The predicted octanol–water partition coefficient (Wildman–Crippen LogP) is 3.71. The zero-order valence-corrected chi connectivity index (χ0v) is 22.9. The molecule has 3 aliphatic heterocycles. The number of ether oxygens (including phenoxy) is 1. The van der Waals surface area contributed by atoms with Crippen molar-refractivity contribution in [1.29, 1.82) is 0 Å². The van der Waals surface area contributed by atoms with E-state index < -0.39 is 17.5 Å². The smallest absolute Gasteiger partial charge is 0.410 e. The fraction of sp³-hybridized carbons (Fsp3) is 0.414. The second kappa shape index (κ2) is 10.7. The van der Waals surface area contributed by atoms with Gasteiger partial charge in [-0.2, -0.15) is 0 Å². The van der Waals surface area contributed by atoms with Crippen molar-refractivity contribution in [3.05, 3.63) is 64.2 Å². The summed E-state index contributed by atoms with van der Waals surface area (Å²) >= 11 is 0. The molecule has 11 heteroatoms. The van der Waals surface area contributed by atoms with Crippen molar-refractivity contribution in [3.63, 3.8) is 0 Å². The molecule has 0 atom stereocenters. The van der Waals surface area contributed by atoms with Crippen LogP contribution < -0.4 is 10.6 Å². The Bertz CT molecular complexity index is 1380. The topological polar surface area (TPSA) is 128 Å². The summed E-state index contributed by atoms with van der Waals surface area (Å²) in [5.74, 6) is -0.975. The summed E-state index contributed by atoms with van der Waals surface area (Å²) in [6, 6.07) is 9.86. The summed E-state index contributed by atoms with van der Waals surface area (Å²) < 4.78 is 5.47. The van der Waals surface area contributed by atoms with Gasteiger partial charge in [0.2, 0.25) is 11.8 Å². The van der Waals surface area contributed by atoms with Crippen LogP contribution in [0.5, 0.6) is 0 Å². The molecule has 1 fully saturated rings. The number of nitrogens with zero attached hydrogens (tertiary/aromatic N) is 3. The summed E-state index contributed by atoms with van der Waals surface area (Å²) in [4.78, 5) is 64.1. The number of carbonyl (C=O) groups is 5. The molecule has 0 aromatic heterocycles. The highest BCUT2D eigenvalue weighted by atomic mass is 16.6. The molecular formula is C29H33N5O6. The number of anilines is 1. The van der Waals surface area contributed by atoms with E-state index in [1.54, 1.807) is 34.2 Å². The Kier molecular flexibility index (Phi) is 7.33. The van der Waals surface area contributed by atoms with Crippen molar-refractivity contribution >= 4 is 35.5 Å². The molecule has 1 saturated heterocycles. The number of amides is 6. The number of imide groups is 2. The molecule has 0 unspecified atom stereocenters. The van der Waals surface area contributed by atoms with E-state index in [9.17, 15) is 24.0 Å². The van der Waals surface area contributed by atoms with E-state index in [0.717, 1.165) is 22.3 Å². The number of benzene rings is 2. The molecule has 3 aliphatic rings. The van der Waals surface area contributed by atoms with Crippen LogP contribution >= 0.6 is 0 Å². The molecule has 2 aromatic carbocycles. The van der Waals surface area contributed by atoms with Gasteiger partial charge in [0.1, 0.15) is 5.60 Å². The molecule has 2 aromatic rings. The summed E-state index contributed by atoms with van der Waals surface area (Å²) in [6.07, 6.45) is 1.52. The number of hydrogen-bond donors (Lipinski definition) is 2. The Morgan fingerprint density at radius 2 is 1.50 bits per heavy atom. The largest absolute Gasteiger partial charge is 0.444 e. The standard InChI is InChI=1S/C29H33N5O6/c1-29(2,3)40-28(39)32-12-11-18-14-23(10-9-20(18)15-32)30-27(38)31-26(37)19-7-8-21-16-33(17-22(21)13-19)34-24(35)5-4-6-25(34)36/h7-10,13-14H,4-6,11-12,15-17H2,1-3H3,(H2,30,31,37,38). The number of carbonyl (C=O) groups excluding carboxylic acids is 5. The Hall–Kier alpha value is -4.25. The molecule has 2 N–H and O–H groups in total. The van der Waals surface area contributed by atoms with Gasteiger partial charge in [-0.15, -0.1) is 0 Å². The van der Waals surface area contributed by atoms with Crippen LogP contribution in [0.2, 0.25) is 0 Å². The van der Waals surface area contributed by atoms with Crippen LogP contribution in [0.15, 0.2) is 36.4 Å². The summed E-state index contributed by atoms with van der Waals surface area (Å²) in [7, 11) is 0. The van der Waals surface area contributed by atoms with Crippen molar-refractivity contribution in [2.75, 3.05) is 11.9 Å². The van der Waals surface area contributed by atoms with Gasteiger partial charge in [-0.25, -0.2) is 19.6 Å². The molecule has 11 nitrogen and oxygen atoms in total. The van der Waals surface area contributed by atoms with Crippen LogP contribution in [0, 0.1) is 0 Å². The lowest BCUT2D eigenvalue weighted by Crippen LogP contribution is -2.49. The van der Waals surface area contributed by atoms with Crippen LogP contribution in [0.3, 0.4) is 0 Å². The first-order chi connectivity index (χ1) is 19.0. The Balaban J connectivity index is 1.17. The second-order valence-corrected chi connectivity index (χ2v) is 11.3. The summed E-state index contributed by atoms with van der Waals surface area (Å²) in [5.41, 5.74) is 4.01. The van der Waals surface area contributed by atoms with Crippen molar-refractivity contribution in [2.24, 2.45) is 0 Å². The fourth-order valence-electron chi connectivity index (χ4n) is 5.17. The van der Waals surface area contributed by atoms with E-state index in [1.807, 2.05) is 32.9 Å². The highest BCUT2D eigenvalue weighted by Crippen LogP contribution is 2.28. The first-order valence-electron chi connectivity index (χ1n) is 13.4. The van der Waals surface area contributed by atoms with Crippen LogP contribution in [0.1, 0.15) is 72.6 Å². The number of fused-ring (bicyclic) bond motifs is 2. The van der Waals surface area contributed by atoms with Crippen LogP contribution in [0.4, 0.5) is 15.3 Å². The lowest BCUT2D eigenvalue weighted by Gasteiger charge is -2.32. The van der Waals surface area contributed by atoms with Gasteiger partial charge in [-0.3, -0.25) is 19.7 Å². The number of hydrazine groups is 1. The SMILES string of the molecule is CC(C)(C)OC(=O)N1CCc2cc(NC(=O)NC(=O)c3ccc4c(c3)CN(N3C(=O)CCCC3=O)C4)ccc2C1. The van der Waals surface area contributed by atoms with Crippen molar-refractivity contribution in [3.8, 4) is 0 Å². The number of rotatable bonds is 3. The second-order valence-electron chi connectivity index (χ2n) is 11.3. The Morgan fingerprint density at radius 1 is 0.825 bits per heavy atom. The molecule has 0 radical (unpaired) electrons. The minimum absolute atomic E-state index is 0.207. The maximum atomic E-state index is 12.8. The van der Waals surface area contributed by atoms with E-state index in [1.165, 1.54) is 5.01 Å². The van der Waals surface area contributed by atoms with Gasteiger partial charge in [0, 0.05) is 50.3 Å². The minimum atomic E-state index is -0.664. The molecule has 3 heterocycles. The monoisotopic (exact) mass is 547 g/mol. The van der Waals surface area contributed by atoms with E-state index in [4.69, 9.17) is 4.74 Å². The van der Waals surface area contributed by atoms with Crippen molar-refractivity contribution < 1.29 is 28.7 Å². The first kappa shape index (κ1) is 27.3. The number of piperidine rings is 1.